The van der Waals surface area contributed by atoms with Crippen LogP contribution < -0.4 is 21.6 Å². The summed E-state index contributed by atoms with van der Waals surface area (Å²) in [6.07, 6.45) is 7.95. The molecule has 6 rings (SSSR count). The molecule has 1 aromatic heterocycles. The molecule has 0 unspecified atom stereocenters. The molecule has 0 bridgehead atoms. The van der Waals surface area contributed by atoms with Gasteiger partial charge in [0.25, 0.3) is 0 Å². The predicted molar refractivity (Wildman–Crippen MR) is 148 cm³/mol. The standard InChI is InChI=1S/C30H34FN7/c1-30(2,3)17-34-27-20(14-32)15-33-29-24(18-4-5-18)12-22(13-25(27)29)35-28(19-6-8-21(31)9-7-19)26-16-38(37-36-26)23-10-11-23/h6-9,12-13,15-16,18,23,28,35-37H,4-5,10-11,17H2,1-3H3,(H,33,34)/t28-/m1/s1/i28D. The summed E-state index contributed by atoms with van der Waals surface area (Å²) in [4.78, 5) is 4.72. The van der Waals surface area contributed by atoms with Gasteiger partial charge in [-0.05, 0) is 72.4 Å². The minimum atomic E-state index is -1.43. The second-order valence-electron chi connectivity index (χ2n) is 11.7. The fourth-order valence-electron chi connectivity index (χ4n) is 4.80. The molecule has 3 aromatic rings. The van der Waals surface area contributed by atoms with Crippen LogP contribution in [0.4, 0.5) is 15.8 Å². The Morgan fingerprint density at radius 3 is 2.63 bits per heavy atom. The maximum Gasteiger partial charge on any atom is 0.123 e. The van der Waals surface area contributed by atoms with E-state index in [2.05, 4.69) is 54.5 Å². The Hall–Kier alpha value is -3.83. The number of halogens is 1. The highest BCUT2D eigenvalue weighted by Crippen LogP contribution is 2.46. The van der Waals surface area contributed by atoms with Crippen molar-refractivity contribution in [3.05, 3.63) is 77.0 Å². The van der Waals surface area contributed by atoms with Gasteiger partial charge in [-0.2, -0.15) is 5.26 Å². The van der Waals surface area contributed by atoms with Crippen LogP contribution in [-0.2, 0) is 0 Å². The summed E-state index contributed by atoms with van der Waals surface area (Å²) in [5, 5.41) is 19.8. The first-order valence-corrected chi connectivity index (χ1v) is 13.3. The van der Waals surface area contributed by atoms with Crippen LogP contribution in [0.5, 0.6) is 0 Å². The number of nitrogens with zero attached hydrogens (tertiary/aromatic N) is 3. The topological polar surface area (TPSA) is 88.0 Å². The first-order valence-electron chi connectivity index (χ1n) is 13.8. The largest absolute Gasteiger partial charge is 0.383 e. The van der Waals surface area contributed by atoms with Gasteiger partial charge in [-0.15, -0.1) is 5.53 Å². The van der Waals surface area contributed by atoms with Crippen LogP contribution in [0.15, 0.2) is 54.5 Å². The number of aromatic nitrogens is 1. The number of hydrogen-bond donors (Lipinski definition) is 4. The summed E-state index contributed by atoms with van der Waals surface area (Å²) in [7, 11) is 0. The lowest BCUT2D eigenvalue weighted by molar-refractivity contribution is 0.260. The molecule has 38 heavy (non-hydrogen) atoms. The molecule has 4 N–H and O–H groups in total. The highest BCUT2D eigenvalue weighted by molar-refractivity contribution is 5.98. The van der Waals surface area contributed by atoms with Crippen molar-refractivity contribution in [2.45, 2.75) is 64.4 Å². The number of anilines is 2. The maximum absolute atomic E-state index is 13.9. The van der Waals surface area contributed by atoms with E-state index >= 15 is 0 Å². The zero-order valence-electron chi connectivity index (χ0n) is 23.0. The van der Waals surface area contributed by atoms with Crippen LogP contribution in [0.25, 0.3) is 10.9 Å². The third-order valence-electron chi connectivity index (χ3n) is 7.13. The number of nitrogens with one attached hydrogen (secondary N) is 4. The van der Waals surface area contributed by atoms with E-state index in [1.165, 1.54) is 12.1 Å². The van der Waals surface area contributed by atoms with E-state index in [0.717, 1.165) is 53.5 Å². The molecular formula is C30H34FN7. The van der Waals surface area contributed by atoms with Crippen LogP contribution in [0, 0.1) is 22.6 Å². The van der Waals surface area contributed by atoms with Gasteiger partial charge in [0.15, 0.2) is 0 Å². The fourth-order valence-corrected chi connectivity index (χ4v) is 4.80. The molecule has 7 nitrogen and oxygen atoms in total. The van der Waals surface area contributed by atoms with Gasteiger partial charge < -0.3 is 16.1 Å². The first-order chi connectivity index (χ1) is 18.6. The minimum Gasteiger partial charge on any atom is -0.383 e. The average molecular weight is 513 g/mol. The van der Waals surface area contributed by atoms with Gasteiger partial charge in [0.2, 0.25) is 0 Å². The van der Waals surface area contributed by atoms with Crippen LogP contribution in [-0.4, -0.2) is 22.6 Å². The van der Waals surface area contributed by atoms with Crippen LogP contribution in [0.3, 0.4) is 0 Å². The number of hydrazine groups is 2. The summed E-state index contributed by atoms with van der Waals surface area (Å²) in [5.41, 5.74) is 11.6. The molecule has 1 aliphatic heterocycles. The van der Waals surface area contributed by atoms with E-state index in [1.54, 1.807) is 18.3 Å². The van der Waals surface area contributed by atoms with Crippen LogP contribution in [0.1, 0.15) is 76.5 Å². The van der Waals surface area contributed by atoms with Gasteiger partial charge in [0.1, 0.15) is 11.9 Å². The lowest BCUT2D eigenvalue weighted by Crippen LogP contribution is -2.38. The lowest BCUT2D eigenvalue weighted by Gasteiger charge is -2.24. The SMILES string of the molecule is [2H][C@](Nc1cc(C2CC2)c2ncc(C#N)c(NCC(C)(C)C)c2c1)(C1=CN(C2CC2)NN1)c1ccc(F)cc1. The third-order valence-corrected chi connectivity index (χ3v) is 7.13. The first kappa shape index (κ1) is 23.3. The Morgan fingerprint density at radius 1 is 1.21 bits per heavy atom. The highest BCUT2D eigenvalue weighted by atomic mass is 19.1. The molecule has 0 radical (unpaired) electrons. The number of rotatable bonds is 8. The van der Waals surface area contributed by atoms with Crippen molar-refractivity contribution < 1.29 is 5.76 Å². The van der Waals surface area contributed by atoms with Crippen molar-refractivity contribution in [2.24, 2.45) is 5.41 Å². The number of fused-ring (bicyclic) bond motifs is 1. The summed E-state index contributed by atoms with van der Waals surface area (Å²) in [6, 6.07) is 11.4. The second kappa shape index (κ2) is 9.48. The van der Waals surface area contributed by atoms with Gasteiger partial charge in [-0.3, -0.25) is 9.99 Å². The Bertz CT molecular complexity index is 1480. The van der Waals surface area contributed by atoms with Crippen molar-refractivity contribution in [1.82, 2.24) is 21.0 Å². The Labute approximate surface area is 224 Å². The van der Waals surface area contributed by atoms with E-state index in [-0.39, 0.29) is 11.2 Å². The summed E-state index contributed by atoms with van der Waals surface area (Å²) in [6.45, 7) is 7.14. The molecule has 2 aromatic carbocycles. The Balaban J connectivity index is 1.47. The lowest BCUT2D eigenvalue weighted by atomic mass is 9.96. The highest BCUT2D eigenvalue weighted by Gasteiger charge is 2.33. The zero-order chi connectivity index (χ0) is 27.4. The molecule has 0 amide bonds. The smallest absolute Gasteiger partial charge is 0.123 e. The number of hydrogen-bond acceptors (Lipinski definition) is 7. The zero-order valence-corrected chi connectivity index (χ0v) is 22.0. The van der Waals surface area contributed by atoms with Crippen molar-refractivity contribution in [2.75, 3.05) is 17.2 Å². The summed E-state index contributed by atoms with van der Waals surface area (Å²) < 4.78 is 23.6. The van der Waals surface area contributed by atoms with Crippen molar-refractivity contribution >= 4 is 22.3 Å². The summed E-state index contributed by atoms with van der Waals surface area (Å²) in [5.74, 6) is 0.0468. The molecule has 2 fully saturated rings. The number of pyridine rings is 1. The van der Waals surface area contributed by atoms with E-state index in [0.29, 0.717) is 35.3 Å². The monoisotopic (exact) mass is 512 g/mol. The quantitative estimate of drug-likeness (QED) is 0.292. The second-order valence-corrected chi connectivity index (χ2v) is 11.7. The van der Waals surface area contributed by atoms with E-state index in [1.807, 2.05) is 17.3 Å². The molecule has 2 aliphatic carbocycles. The third kappa shape index (κ3) is 5.11. The molecule has 3 aliphatic rings. The van der Waals surface area contributed by atoms with Crippen molar-refractivity contribution in [3.8, 4) is 6.07 Å². The fraction of sp³-hybridized carbons (Fsp3) is 0.400. The Kier molecular flexibility index (Phi) is 5.81. The molecule has 8 heteroatoms. The van der Waals surface area contributed by atoms with Gasteiger partial charge in [-0.25, -0.2) is 4.39 Å². The molecule has 196 valence electrons. The van der Waals surface area contributed by atoms with E-state index < -0.39 is 6.02 Å². The maximum atomic E-state index is 13.9. The molecule has 2 heterocycles. The Morgan fingerprint density at radius 2 is 1.97 bits per heavy atom. The van der Waals surface area contributed by atoms with Crippen molar-refractivity contribution in [3.63, 3.8) is 0 Å². The summed E-state index contributed by atoms with van der Waals surface area (Å²) >= 11 is 0. The van der Waals surface area contributed by atoms with Gasteiger partial charge >= 0.3 is 0 Å². The molecule has 0 saturated heterocycles. The van der Waals surface area contributed by atoms with Crippen molar-refractivity contribution in [1.29, 1.82) is 5.26 Å². The molecule has 0 spiro atoms. The van der Waals surface area contributed by atoms with Gasteiger partial charge in [-0.1, -0.05) is 32.9 Å². The van der Waals surface area contributed by atoms with Gasteiger partial charge in [0.05, 0.1) is 29.9 Å². The molecule has 2 saturated carbocycles. The normalized spacial score (nSPS) is 19.3. The van der Waals surface area contributed by atoms with Crippen LogP contribution >= 0.6 is 0 Å². The van der Waals surface area contributed by atoms with E-state index in [4.69, 9.17) is 4.98 Å². The van der Waals surface area contributed by atoms with Gasteiger partial charge in [0, 0.05) is 36.1 Å². The average Bonchev–Trinajstić information content (AvgIpc) is 3.85. The predicted octanol–water partition coefficient (Wildman–Crippen LogP) is 6.06. The van der Waals surface area contributed by atoms with Crippen LogP contribution in [0.2, 0.25) is 0 Å². The molecular weight excluding hydrogens is 477 g/mol. The number of benzene rings is 2. The molecule has 1 atom stereocenters. The minimum absolute atomic E-state index is 0.0114. The number of nitriles is 1. The van der Waals surface area contributed by atoms with E-state index in [9.17, 15) is 11.0 Å².